The van der Waals surface area contributed by atoms with Crippen LogP contribution in [0.3, 0.4) is 0 Å². The molecular formula is C12H18N2O3. The van der Waals surface area contributed by atoms with Gasteiger partial charge in [0.15, 0.2) is 0 Å². The van der Waals surface area contributed by atoms with E-state index in [-0.39, 0.29) is 12.6 Å². The highest BCUT2D eigenvalue weighted by molar-refractivity contribution is 5.80. The molecule has 1 fully saturated rings. The Morgan fingerprint density at radius 2 is 2.18 bits per heavy atom. The lowest BCUT2D eigenvalue weighted by Crippen LogP contribution is -2.44. The van der Waals surface area contributed by atoms with Crippen molar-refractivity contribution in [1.82, 2.24) is 10.6 Å². The highest BCUT2D eigenvalue weighted by Gasteiger charge is 2.50. The first-order chi connectivity index (χ1) is 8.04. The Morgan fingerprint density at radius 1 is 1.53 bits per heavy atom. The van der Waals surface area contributed by atoms with Crippen LogP contribution in [0.25, 0.3) is 0 Å². The van der Waals surface area contributed by atoms with Crippen LogP contribution in [-0.4, -0.2) is 29.7 Å². The number of hydrogen-bond donors (Lipinski definition) is 3. The van der Waals surface area contributed by atoms with Crippen molar-refractivity contribution < 1.29 is 14.7 Å². The molecule has 2 amide bonds. The van der Waals surface area contributed by atoms with Gasteiger partial charge in [-0.05, 0) is 19.3 Å². The molecule has 17 heavy (non-hydrogen) atoms. The predicted octanol–water partition coefficient (Wildman–Crippen LogP) is 0.952. The van der Waals surface area contributed by atoms with Gasteiger partial charge in [-0.15, -0.1) is 6.42 Å². The standard InChI is InChI=1S/C12H18N2O3/c1-3-5-9(4-2)14-11(17)13-8-12(6-7-12)10(15)16/h2,9H,3,5-8H2,1H3,(H,15,16)(H2,13,14,17). The summed E-state index contributed by atoms with van der Waals surface area (Å²) in [4.78, 5) is 22.3. The molecule has 0 spiro atoms. The van der Waals surface area contributed by atoms with Crippen LogP contribution in [-0.2, 0) is 4.79 Å². The number of carbonyl (C=O) groups is 2. The number of nitrogens with one attached hydrogen (secondary N) is 2. The Kier molecular flexibility index (Phi) is 4.38. The van der Waals surface area contributed by atoms with Crippen LogP contribution in [0.15, 0.2) is 0 Å². The molecule has 1 saturated carbocycles. The summed E-state index contributed by atoms with van der Waals surface area (Å²) in [5.41, 5.74) is -0.742. The van der Waals surface area contributed by atoms with E-state index in [1.54, 1.807) is 0 Å². The molecule has 94 valence electrons. The van der Waals surface area contributed by atoms with E-state index in [4.69, 9.17) is 11.5 Å². The molecule has 1 atom stereocenters. The van der Waals surface area contributed by atoms with Crippen molar-refractivity contribution in [2.75, 3.05) is 6.54 Å². The fourth-order valence-corrected chi connectivity index (χ4v) is 1.56. The van der Waals surface area contributed by atoms with Crippen molar-refractivity contribution in [2.24, 2.45) is 5.41 Å². The van der Waals surface area contributed by atoms with Crippen LogP contribution in [0.4, 0.5) is 4.79 Å². The molecule has 0 saturated heterocycles. The number of carboxylic acids is 1. The van der Waals surface area contributed by atoms with Crippen molar-refractivity contribution in [2.45, 2.75) is 38.6 Å². The van der Waals surface area contributed by atoms with Gasteiger partial charge in [-0.2, -0.15) is 0 Å². The first-order valence-corrected chi connectivity index (χ1v) is 5.78. The number of hydrogen-bond acceptors (Lipinski definition) is 2. The Hall–Kier alpha value is -1.70. The molecule has 0 aromatic rings. The summed E-state index contributed by atoms with van der Waals surface area (Å²) in [5, 5.41) is 14.1. The first-order valence-electron chi connectivity index (χ1n) is 5.78. The van der Waals surface area contributed by atoms with Gasteiger partial charge in [-0.25, -0.2) is 4.79 Å². The summed E-state index contributed by atoms with van der Waals surface area (Å²) in [6.07, 6.45) is 8.10. The highest BCUT2D eigenvalue weighted by atomic mass is 16.4. The third kappa shape index (κ3) is 3.66. The highest BCUT2D eigenvalue weighted by Crippen LogP contribution is 2.45. The number of aliphatic carboxylic acids is 1. The Labute approximate surface area is 101 Å². The maximum Gasteiger partial charge on any atom is 0.315 e. The quantitative estimate of drug-likeness (QED) is 0.603. The molecule has 1 unspecified atom stereocenters. The molecule has 5 nitrogen and oxygen atoms in total. The van der Waals surface area contributed by atoms with E-state index in [1.165, 1.54) is 0 Å². The Balaban J connectivity index is 2.31. The number of carbonyl (C=O) groups excluding carboxylic acids is 1. The first kappa shape index (κ1) is 13.4. The summed E-state index contributed by atoms with van der Waals surface area (Å²) in [6, 6.07) is -0.686. The lowest BCUT2D eigenvalue weighted by Gasteiger charge is -2.15. The molecule has 1 aliphatic carbocycles. The fourth-order valence-electron chi connectivity index (χ4n) is 1.56. The zero-order chi connectivity index (χ0) is 12.9. The van der Waals surface area contributed by atoms with Crippen LogP contribution in [0.5, 0.6) is 0 Å². The van der Waals surface area contributed by atoms with Gasteiger partial charge in [0.05, 0.1) is 11.5 Å². The smallest absolute Gasteiger partial charge is 0.315 e. The van der Waals surface area contributed by atoms with E-state index in [0.717, 1.165) is 6.42 Å². The zero-order valence-corrected chi connectivity index (χ0v) is 9.95. The Bertz CT molecular complexity index is 342. The number of urea groups is 1. The SMILES string of the molecule is C#CC(CCC)NC(=O)NCC1(C(=O)O)CC1. The normalized spacial score (nSPS) is 17.6. The number of carboxylic acid groups (broad SMARTS) is 1. The average molecular weight is 238 g/mol. The van der Waals surface area contributed by atoms with E-state index in [1.807, 2.05) is 6.92 Å². The summed E-state index contributed by atoms with van der Waals surface area (Å²) in [6.45, 7) is 2.14. The second-order valence-corrected chi connectivity index (χ2v) is 4.42. The van der Waals surface area contributed by atoms with E-state index in [9.17, 15) is 9.59 Å². The third-order valence-corrected chi connectivity index (χ3v) is 2.98. The lowest BCUT2D eigenvalue weighted by molar-refractivity contribution is -0.143. The van der Waals surface area contributed by atoms with Gasteiger partial charge < -0.3 is 15.7 Å². The molecule has 5 heteroatoms. The molecule has 0 aromatic heterocycles. The third-order valence-electron chi connectivity index (χ3n) is 2.98. The summed E-state index contributed by atoms with van der Waals surface area (Å²) in [5.74, 6) is 1.63. The molecule has 0 aromatic carbocycles. The van der Waals surface area contributed by atoms with Crippen LogP contribution >= 0.6 is 0 Å². The molecule has 0 radical (unpaired) electrons. The summed E-state index contributed by atoms with van der Waals surface area (Å²) in [7, 11) is 0. The minimum Gasteiger partial charge on any atom is -0.481 e. The van der Waals surface area contributed by atoms with Crippen LogP contribution in [0.1, 0.15) is 32.6 Å². The number of rotatable bonds is 6. The van der Waals surface area contributed by atoms with Gasteiger partial charge >= 0.3 is 12.0 Å². The Morgan fingerprint density at radius 3 is 2.59 bits per heavy atom. The monoisotopic (exact) mass is 238 g/mol. The fraction of sp³-hybridized carbons (Fsp3) is 0.667. The topological polar surface area (TPSA) is 78.4 Å². The van der Waals surface area contributed by atoms with E-state index in [2.05, 4.69) is 16.6 Å². The molecular weight excluding hydrogens is 220 g/mol. The molecule has 0 aliphatic heterocycles. The second-order valence-electron chi connectivity index (χ2n) is 4.42. The number of amides is 2. The molecule has 3 N–H and O–H groups in total. The largest absolute Gasteiger partial charge is 0.481 e. The van der Waals surface area contributed by atoms with Crippen molar-refractivity contribution in [3.63, 3.8) is 0 Å². The summed E-state index contributed by atoms with van der Waals surface area (Å²) >= 11 is 0. The van der Waals surface area contributed by atoms with Gasteiger partial charge in [0.1, 0.15) is 0 Å². The van der Waals surface area contributed by atoms with Crippen molar-refractivity contribution in [1.29, 1.82) is 0 Å². The van der Waals surface area contributed by atoms with E-state index < -0.39 is 17.4 Å². The van der Waals surface area contributed by atoms with Crippen LogP contribution in [0, 0.1) is 17.8 Å². The van der Waals surface area contributed by atoms with Gasteiger partial charge in [0.2, 0.25) is 0 Å². The minimum absolute atomic E-state index is 0.164. The van der Waals surface area contributed by atoms with Crippen molar-refractivity contribution in [3.05, 3.63) is 0 Å². The summed E-state index contributed by atoms with van der Waals surface area (Å²) < 4.78 is 0. The maximum absolute atomic E-state index is 11.5. The van der Waals surface area contributed by atoms with Crippen LogP contribution < -0.4 is 10.6 Å². The average Bonchev–Trinajstić information content (AvgIpc) is 3.07. The lowest BCUT2D eigenvalue weighted by atomic mass is 10.1. The van der Waals surface area contributed by atoms with E-state index in [0.29, 0.717) is 19.3 Å². The van der Waals surface area contributed by atoms with Crippen molar-refractivity contribution >= 4 is 12.0 Å². The van der Waals surface area contributed by atoms with E-state index >= 15 is 0 Å². The number of terminal acetylenes is 1. The van der Waals surface area contributed by atoms with Gasteiger partial charge in [-0.1, -0.05) is 19.3 Å². The van der Waals surface area contributed by atoms with Crippen molar-refractivity contribution in [3.8, 4) is 12.3 Å². The minimum atomic E-state index is -0.847. The van der Waals surface area contributed by atoms with Gasteiger partial charge in [0, 0.05) is 6.54 Å². The second kappa shape index (κ2) is 5.58. The molecule has 0 heterocycles. The van der Waals surface area contributed by atoms with Gasteiger partial charge in [-0.3, -0.25) is 4.79 Å². The molecule has 1 aliphatic rings. The maximum atomic E-state index is 11.5. The molecule has 0 bridgehead atoms. The zero-order valence-electron chi connectivity index (χ0n) is 9.95. The predicted molar refractivity (Wildman–Crippen MR) is 63.4 cm³/mol. The molecule has 1 rings (SSSR count). The van der Waals surface area contributed by atoms with Gasteiger partial charge in [0.25, 0.3) is 0 Å². The van der Waals surface area contributed by atoms with Crippen LogP contribution in [0.2, 0.25) is 0 Å².